The van der Waals surface area contributed by atoms with Crippen LogP contribution in [0.2, 0.25) is 0 Å². The summed E-state index contributed by atoms with van der Waals surface area (Å²) >= 11 is 10.1. The van der Waals surface area contributed by atoms with Crippen molar-refractivity contribution in [2.45, 2.75) is 18.8 Å². The minimum absolute atomic E-state index is 0.378. The second-order valence-corrected chi connectivity index (χ2v) is 6.74. The van der Waals surface area contributed by atoms with E-state index in [4.69, 9.17) is 18.0 Å². The van der Waals surface area contributed by atoms with Gasteiger partial charge in [-0.3, -0.25) is 0 Å². The van der Waals surface area contributed by atoms with Gasteiger partial charge in [-0.05, 0) is 31.0 Å². The number of aromatic nitrogens is 1. The summed E-state index contributed by atoms with van der Waals surface area (Å²) in [7, 11) is 0. The van der Waals surface area contributed by atoms with Crippen LogP contribution in [-0.2, 0) is 0 Å². The summed E-state index contributed by atoms with van der Waals surface area (Å²) in [6.07, 6.45) is 2.53. The number of thiocarbonyl (C=S) groups is 1. The van der Waals surface area contributed by atoms with Gasteiger partial charge in [-0.2, -0.15) is 0 Å². The fourth-order valence-corrected chi connectivity index (χ4v) is 3.19. The normalized spacial score (nSPS) is 14.4. The number of thiazole rings is 1. The minimum Gasteiger partial charge on any atom is -0.389 e. The van der Waals surface area contributed by atoms with Gasteiger partial charge in [-0.15, -0.1) is 11.3 Å². The fourth-order valence-electron chi connectivity index (χ4n) is 1.85. The lowest BCUT2D eigenvalue weighted by molar-refractivity contribution is 1.05. The van der Waals surface area contributed by atoms with E-state index < -0.39 is 0 Å². The van der Waals surface area contributed by atoms with Gasteiger partial charge < -0.3 is 11.1 Å². The van der Waals surface area contributed by atoms with E-state index in [0.29, 0.717) is 10.9 Å². The van der Waals surface area contributed by atoms with Gasteiger partial charge in [0.1, 0.15) is 4.99 Å². The molecule has 19 heavy (non-hydrogen) atoms. The maximum absolute atomic E-state index is 5.75. The molecule has 1 heterocycles. The molecular formula is C13H12BrN3S2. The fraction of sp³-hybridized carbons (Fsp3) is 0.231. The van der Waals surface area contributed by atoms with Crippen LogP contribution >= 0.6 is 39.5 Å². The first-order valence-electron chi connectivity index (χ1n) is 5.95. The highest BCUT2D eigenvalue weighted by Crippen LogP contribution is 2.41. The molecule has 3 N–H and O–H groups in total. The Kier molecular flexibility index (Phi) is 3.56. The van der Waals surface area contributed by atoms with Gasteiger partial charge in [-0.1, -0.05) is 28.1 Å². The van der Waals surface area contributed by atoms with Gasteiger partial charge in [0.05, 0.1) is 11.4 Å². The van der Waals surface area contributed by atoms with E-state index in [-0.39, 0.29) is 0 Å². The summed E-state index contributed by atoms with van der Waals surface area (Å²) in [5.74, 6) is 0.673. The van der Waals surface area contributed by atoms with Crippen molar-refractivity contribution in [3.8, 4) is 0 Å². The molecule has 1 fully saturated rings. The number of nitrogens with one attached hydrogen (secondary N) is 1. The number of hydrogen-bond acceptors (Lipinski definition) is 4. The van der Waals surface area contributed by atoms with Crippen LogP contribution in [0, 0.1) is 0 Å². The molecule has 1 aliphatic carbocycles. The van der Waals surface area contributed by atoms with E-state index in [1.165, 1.54) is 18.5 Å². The third-order valence-electron chi connectivity index (χ3n) is 3.01. The summed E-state index contributed by atoms with van der Waals surface area (Å²) in [6.45, 7) is 0. The number of nitrogens with zero attached hydrogens (tertiary/aromatic N) is 1. The molecule has 1 aromatic carbocycles. The average Bonchev–Trinajstić information content (AvgIpc) is 3.12. The van der Waals surface area contributed by atoms with Crippen molar-refractivity contribution in [3.05, 3.63) is 39.3 Å². The zero-order valence-electron chi connectivity index (χ0n) is 10.0. The van der Waals surface area contributed by atoms with Gasteiger partial charge in [0.2, 0.25) is 0 Å². The number of hydrogen-bond donors (Lipinski definition) is 2. The van der Waals surface area contributed by atoms with Crippen molar-refractivity contribution in [2.24, 2.45) is 5.73 Å². The monoisotopic (exact) mass is 353 g/mol. The molecule has 0 radical (unpaired) electrons. The Hall–Kier alpha value is -0.980. The molecule has 0 aliphatic heterocycles. The Morgan fingerprint density at radius 2 is 2.26 bits per heavy atom. The molecule has 0 saturated heterocycles. The van der Waals surface area contributed by atoms with Crippen molar-refractivity contribution in [3.63, 3.8) is 0 Å². The Labute approximate surface area is 129 Å². The summed E-state index contributed by atoms with van der Waals surface area (Å²) in [4.78, 5) is 4.98. The van der Waals surface area contributed by atoms with E-state index in [2.05, 4.69) is 31.6 Å². The average molecular weight is 354 g/mol. The number of nitrogens with two attached hydrogens (primary N) is 1. The quantitative estimate of drug-likeness (QED) is 0.810. The molecule has 0 atom stereocenters. The second-order valence-electron chi connectivity index (χ2n) is 4.53. The Morgan fingerprint density at radius 3 is 2.95 bits per heavy atom. The molecule has 3 rings (SSSR count). The van der Waals surface area contributed by atoms with Crippen LogP contribution in [0.3, 0.4) is 0 Å². The first kappa shape index (κ1) is 13.0. The molecule has 1 saturated carbocycles. The van der Waals surface area contributed by atoms with E-state index in [1.54, 1.807) is 11.3 Å². The van der Waals surface area contributed by atoms with Crippen LogP contribution in [-0.4, -0.2) is 9.97 Å². The molecule has 2 aromatic rings. The van der Waals surface area contributed by atoms with Gasteiger partial charge >= 0.3 is 0 Å². The van der Waals surface area contributed by atoms with Crippen molar-refractivity contribution < 1.29 is 0 Å². The first-order chi connectivity index (χ1) is 9.13. The molecular weight excluding hydrogens is 342 g/mol. The van der Waals surface area contributed by atoms with Gasteiger partial charge in [0, 0.05) is 21.3 Å². The third-order valence-corrected chi connectivity index (χ3v) is 4.50. The standard InChI is InChI=1S/C13H12BrN3S2/c14-8-3-4-10(9(5-8)12(15)18)16-13-17-11(6-19-13)7-1-2-7/h3-7H,1-2H2,(H2,15,18)(H,16,17). The van der Waals surface area contributed by atoms with Crippen LogP contribution in [0.25, 0.3) is 0 Å². The van der Waals surface area contributed by atoms with Crippen molar-refractivity contribution >= 4 is 55.3 Å². The summed E-state index contributed by atoms with van der Waals surface area (Å²) in [5, 5.41) is 6.32. The summed E-state index contributed by atoms with van der Waals surface area (Å²) in [5.41, 5.74) is 8.67. The van der Waals surface area contributed by atoms with Crippen molar-refractivity contribution in [2.75, 3.05) is 5.32 Å². The molecule has 1 aromatic heterocycles. The van der Waals surface area contributed by atoms with Gasteiger partial charge in [-0.25, -0.2) is 4.98 Å². The smallest absolute Gasteiger partial charge is 0.187 e. The summed E-state index contributed by atoms with van der Waals surface area (Å²) in [6, 6.07) is 5.83. The maximum Gasteiger partial charge on any atom is 0.187 e. The summed E-state index contributed by atoms with van der Waals surface area (Å²) < 4.78 is 0.957. The molecule has 0 amide bonds. The predicted molar refractivity (Wildman–Crippen MR) is 87.4 cm³/mol. The number of benzene rings is 1. The highest BCUT2D eigenvalue weighted by molar-refractivity contribution is 9.10. The molecule has 3 nitrogen and oxygen atoms in total. The number of anilines is 2. The lowest BCUT2D eigenvalue weighted by Gasteiger charge is -2.09. The third kappa shape index (κ3) is 2.96. The van der Waals surface area contributed by atoms with Crippen LogP contribution in [0.1, 0.15) is 30.0 Å². The van der Waals surface area contributed by atoms with E-state index in [0.717, 1.165) is 20.9 Å². The molecule has 0 bridgehead atoms. The lowest BCUT2D eigenvalue weighted by Crippen LogP contribution is -2.11. The Bertz CT molecular complexity index is 635. The lowest BCUT2D eigenvalue weighted by atomic mass is 10.2. The number of halogens is 1. The minimum atomic E-state index is 0.378. The Balaban J connectivity index is 1.87. The predicted octanol–water partition coefficient (Wildman–Crippen LogP) is 4.16. The van der Waals surface area contributed by atoms with Crippen molar-refractivity contribution in [1.82, 2.24) is 4.98 Å². The molecule has 0 spiro atoms. The largest absolute Gasteiger partial charge is 0.389 e. The SMILES string of the molecule is NC(=S)c1cc(Br)ccc1Nc1nc(C2CC2)cs1. The highest BCUT2D eigenvalue weighted by Gasteiger charge is 2.26. The van der Waals surface area contributed by atoms with E-state index in [1.807, 2.05) is 18.2 Å². The number of rotatable bonds is 4. The molecule has 6 heteroatoms. The van der Waals surface area contributed by atoms with E-state index in [9.17, 15) is 0 Å². The molecule has 0 unspecified atom stereocenters. The van der Waals surface area contributed by atoms with Gasteiger partial charge in [0.15, 0.2) is 5.13 Å². The van der Waals surface area contributed by atoms with Crippen LogP contribution < -0.4 is 11.1 Å². The Morgan fingerprint density at radius 1 is 1.47 bits per heavy atom. The maximum atomic E-state index is 5.75. The van der Waals surface area contributed by atoms with Gasteiger partial charge in [0.25, 0.3) is 0 Å². The van der Waals surface area contributed by atoms with Crippen molar-refractivity contribution in [1.29, 1.82) is 0 Å². The second kappa shape index (κ2) is 5.19. The van der Waals surface area contributed by atoms with E-state index >= 15 is 0 Å². The van der Waals surface area contributed by atoms with Crippen LogP contribution in [0.5, 0.6) is 0 Å². The molecule has 1 aliphatic rings. The zero-order valence-corrected chi connectivity index (χ0v) is 13.2. The topological polar surface area (TPSA) is 50.9 Å². The molecule has 98 valence electrons. The zero-order chi connectivity index (χ0) is 13.4. The van der Waals surface area contributed by atoms with Crippen LogP contribution in [0.4, 0.5) is 10.8 Å². The first-order valence-corrected chi connectivity index (χ1v) is 8.03. The highest BCUT2D eigenvalue weighted by atomic mass is 79.9. The van der Waals surface area contributed by atoms with Crippen LogP contribution in [0.15, 0.2) is 28.1 Å².